The first-order valence-corrected chi connectivity index (χ1v) is 6.98. The molecule has 0 aliphatic heterocycles. The normalized spacial score (nSPS) is 16.1. The zero-order valence-corrected chi connectivity index (χ0v) is 11.6. The van der Waals surface area contributed by atoms with E-state index >= 15 is 0 Å². The number of aryl methyl sites for hydroxylation is 1. The van der Waals surface area contributed by atoms with E-state index in [0.29, 0.717) is 0 Å². The van der Waals surface area contributed by atoms with Crippen LogP contribution in [0.2, 0.25) is 0 Å². The van der Waals surface area contributed by atoms with Gasteiger partial charge in [-0.2, -0.15) is 0 Å². The second-order valence-corrected chi connectivity index (χ2v) is 5.17. The van der Waals surface area contributed by atoms with Crippen LogP contribution in [0.4, 0.5) is 0 Å². The van der Waals surface area contributed by atoms with Crippen molar-refractivity contribution in [3.63, 3.8) is 0 Å². The monoisotopic (exact) mass is 256 g/mol. The van der Waals surface area contributed by atoms with Crippen molar-refractivity contribution in [1.82, 2.24) is 19.9 Å². The Morgan fingerprint density at radius 3 is 2.79 bits per heavy atom. The summed E-state index contributed by atoms with van der Waals surface area (Å²) in [6.07, 6.45) is 8.66. The highest BCUT2D eigenvalue weighted by Crippen LogP contribution is 2.23. The highest BCUT2D eigenvalue weighted by molar-refractivity contribution is 5.35. The minimum absolute atomic E-state index is 0.283. The maximum absolute atomic E-state index is 4.54. The van der Waals surface area contributed by atoms with Gasteiger partial charge >= 0.3 is 0 Å². The van der Waals surface area contributed by atoms with Crippen LogP contribution in [0.25, 0.3) is 5.69 Å². The Hall–Kier alpha value is -1.68. The van der Waals surface area contributed by atoms with Crippen LogP contribution in [0, 0.1) is 0 Å². The summed E-state index contributed by atoms with van der Waals surface area (Å²) in [5.74, 6) is 0. The van der Waals surface area contributed by atoms with Crippen molar-refractivity contribution in [1.29, 1.82) is 0 Å². The number of rotatable bonds is 3. The first-order valence-electron chi connectivity index (χ1n) is 6.98. The van der Waals surface area contributed by atoms with Crippen molar-refractivity contribution >= 4 is 0 Å². The van der Waals surface area contributed by atoms with Crippen molar-refractivity contribution in [2.24, 2.45) is 0 Å². The molecular weight excluding hydrogens is 236 g/mol. The summed E-state index contributed by atoms with van der Waals surface area (Å²) >= 11 is 0. The van der Waals surface area contributed by atoms with Crippen molar-refractivity contribution in [2.75, 3.05) is 7.05 Å². The first-order chi connectivity index (χ1) is 9.29. The molecule has 2 heterocycles. The molecule has 19 heavy (non-hydrogen) atoms. The number of aromatic nitrogens is 3. The zero-order chi connectivity index (χ0) is 13.2. The van der Waals surface area contributed by atoms with Gasteiger partial charge in [0.05, 0.1) is 29.6 Å². The fourth-order valence-electron chi connectivity index (χ4n) is 2.64. The summed E-state index contributed by atoms with van der Waals surface area (Å²) in [6, 6.07) is 4.50. The first kappa shape index (κ1) is 12.4. The Morgan fingerprint density at radius 1 is 1.21 bits per heavy atom. The highest BCUT2D eigenvalue weighted by Gasteiger charge is 2.16. The number of nitrogens with zero attached hydrogens (tertiary/aromatic N) is 3. The van der Waals surface area contributed by atoms with Gasteiger partial charge in [0, 0.05) is 11.7 Å². The lowest BCUT2D eigenvalue weighted by Crippen LogP contribution is -2.14. The Balaban J connectivity index is 1.92. The van der Waals surface area contributed by atoms with Gasteiger partial charge in [0.2, 0.25) is 0 Å². The quantitative estimate of drug-likeness (QED) is 0.917. The Labute approximate surface area is 113 Å². The molecule has 4 heteroatoms. The minimum Gasteiger partial charge on any atom is -0.312 e. The van der Waals surface area contributed by atoms with Gasteiger partial charge in [-0.25, -0.2) is 4.98 Å². The molecule has 1 N–H and O–H groups in total. The van der Waals surface area contributed by atoms with E-state index in [1.165, 1.54) is 24.2 Å². The third kappa shape index (κ3) is 2.28. The second-order valence-electron chi connectivity index (χ2n) is 5.17. The average molecular weight is 256 g/mol. The Bertz CT molecular complexity index is 556. The van der Waals surface area contributed by atoms with Crippen LogP contribution < -0.4 is 5.32 Å². The summed E-state index contributed by atoms with van der Waals surface area (Å²) in [4.78, 5) is 9.07. The van der Waals surface area contributed by atoms with E-state index < -0.39 is 0 Å². The molecule has 2 aromatic rings. The summed E-state index contributed by atoms with van der Waals surface area (Å²) in [6.45, 7) is 2.11. The maximum Gasteiger partial charge on any atom is 0.0998 e. The molecule has 0 saturated carbocycles. The fourth-order valence-corrected chi connectivity index (χ4v) is 2.64. The van der Waals surface area contributed by atoms with E-state index in [-0.39, 0.29) is 6.04 Å². The lowest BCUT2D eigenvalue weighted by Gasteiger charge is -2.15. The van der Waals surface area contributed by atoms with E-state index in [4.69, 9.17) is 0 Å². The summed E-state index contributed by atoms with van der Waals surface area (Å²) in [7, 11) is 1.95. The Morgan fingerprint density at radius 2 is 2.05 bits per heavy atom. The molecule has 0 spiro atoms. The van der Waals surface area contributed by atoms with E-state index in [9.17, 15) is 0 Å². The van der Waals surface area contributed by atoms with Crippen LogP contribution >= 0.6 is 0 Å². The predicted octanol–water partition coefficient (Wildman–Crippen LogP) is 2.43. The molecule has 0 amide bonds. The van der Waals surface area contributed by atoms with Gasteiger partial charge in [-0.1, -0.05) is 0 Å². The van der Waals surface area contributed by atoms with Gasteiger partial charge in [0.15, 0.2) is 0 Å². The van der Waals surface area contributed by atoms with Gasteiger partial charge < -0.3 is 9.88 Å². The number of fused-ring (bicyclic) bond motifs is 1. The maximum atomic E-state index is 4.54. The molecule has 0 radical (unpaired) electrons. The van der Waals surface area contributed by atoms with E-state index in [0.717, 1.165) is 24.2 Å². The summed E-state index contributed by atoms with van der Waals surface area (Å²) in [5, 5.41) is 3.20. The van der Waals surface area contributed by atoms with E-state index in [2.05, 4.69) is 38.9 Å². The molecule has 4 nitrogen and oxygen atoms in total. The lowest BCUT2D eigenvalue weighted by atomic mass is 10.0. The smallest absolute Gasteiger partial charge is 0.0998 e. The molecule has 2 aromatic heterocycles. The van der Waals surface area contributed by atoms with Crippen LogP contribution in [-0.2, 0) is 12.8 Å². The fraction of sp³-hybridized carbons (Fsp3) is 0.467. The molecule has 3 rings (SSSR count). The molecule has 0 fully saturated rings. The van der Waals surface area contributed by atoms with Crippen LogP contribution in [0.5, 0.6) is 0 Å². The third-order valence-electron chi connectivity index (χ3n) is 3.96. The molecule has 0 bridgehead atoms. The Kier molecular flexibility index (Phi) is 3.34. The zero-order valence-electron chi connectivity index (χ0n) is 11.6. The molecule has 0 aromatic carbocycles. The van der Waals surface area contributed by atoms with Crippen LogP contribution in [-0.4, -0.2) is 21.6 Å². The topological polar surface area (TPSA) is 42.7 Å². The van der Waals surface area contributed by atoms with Crippen molar-refractivity contribution < 1.29 is 0 Å². The van der Waals surface area contributed by atoms with Gasteiger partial charge in [0.25, 0.3) is 0 Å². The largest absolute Gasteiger partial charge is 0.312 e. The molecule has 100 valence electrons. The summed E-state index contributed by atoms with van der Waals surface area (Å²) < 4.78 is 2.19. The predicted molar refractivity (Wildman–Crippen MR) is 75.5 cm³/mol. The van der Waals surface area contributed by atoms with Crippen molar-refractivity contribution in [3.05, 3.63) is 41.7 Å². The summed E-state index contributed by atoms with van der Waals surface area (Å²) in [5.41, 5.74) is 4.81. The number of hydrogen-bond donors (Lipinski definition) is 1. The molecule has 1 atom stereocenters. The number of hydrogen-bond acceptors (Lipinski definition) is 3. The van der Waals surface area contributed by atoms with Crippen molar-refractivity contribution in [2.45, 2.75) is 38.6 Å². The van der Waals surface area contributed by atoms with Crippen molar-refractivity contribution in [3.8, 4) is 5.69 Å². The molecule has 0 saturated heterocycles. The third-order valence-corrected chi connectivity index (χ3v) is 3.96. The highest BCUT2D eigenvalue weighted by atomic mass is 15.1. The standard InChI is InChI=1S/C15H20N4/c1-11(16-2)13-8-7-12(9-17-13)19-10-18-14-5-3-4-6-15(14)19/h7-11,16H,3-6H2,1-2H3. The van der Waals surface area contributed by atoms with Gasteiger partial charge in [0.1, 0.15) is 0 Å². The lowest BCUT2D eigenvalue weighted by molar-refractivity contribution is 0.631. The minimum atomic E-state index is 0.283. The van der Waals surface area contributed by atoms with Gasteiger partial charge in [-0.3, -0.25) is 4.98 Å². The number of pyridine rings is 1. The number of nitrogens with one attached hydrogen (secondary N) is 1. The van der Waals surface area contributed by atoms with E-state index in [1.807, 2.05) is 19.6 Å². The molecule has 1 aliphatic carbocycles. The average Bonchev–Trinajstić information content (AvgIpc) is 2.90. The van der Waals surface area contributed by atoms with Gasteiger partial charge in [-0.15, -0.1) is 0 Å². The van der Waals surface area contributed by atoms with Gasteiger partial charge in [-0.05, 0) is 51.8 Å². The molecule has 1 unspecified atom stereocenters. The van der Waals surface area contributed by atoms with E-state index in [1.54, 1.807) is 0 Å². The SMILES string of the molecule is CNC(C)c1ccc(-n2cnc3c2CCCC3)cn1. The molecule has 1 aliphatic rings. The van der Waals surface area contributed by atoms with Crippen LogP contribution in [0.1, 0.15) is 42.9 Å². The number of imidazole rings is 1. The van der Waals surface area contributed by atoms with Crippen LogP contribution in [0.15, 0.2) is 24.7 Å². The second kappa shape index (κ2) is 5.13. The van der Waals surface area contributed by atoms with Crippen LogP contribution in [0.3, 0.4) is 0 Å². The molecular formula is C15H20N4.